The molecule has 0 saturated heterocycles. The van der Waals surface area contributed by atoms with Gasteiger partial charge in [-0.1, -0.05) is 18.5 Å². The summed E-state index contributed by atoms with van der Waals surface area (Å²) in [7, 11) is 0. The first-order valence-electron chi connectivity index (χ1n) is 9.34. The molecule has 27 heavy (non-hydrogen) atoms. The third kappa shape index (κ3) is 4.05. The fourth-order valence-electron chi connectivity index (χ4n) is 3.53. The molecule has 2 saturated carbocycles. The Morgan fingerprint density at radius 1 is 1.33 bits per heavy atom. The fourth-order valence-corrected chi connectivity index (χ4v) is 3.75. The van der Waals surface area contributed by atoms with Gasteiger partial charge in [-0.05, 0) is 37.3 Å². The van der Waals surface area contributed by atoms with Crippen LogP contribution in [0.1, 0.15) is 44.7 Å². The number of carbonyl (C=O) groups is 1. The van der Waals surface area contributed by atoms with Crippen molar-refractivity contribution in [2.45, 2.75) is 51.5 Å². The molecule has 0 aliphatic heterocycles. The van der Waals surface area contributed by atoms with E-state index in [1.165, 1.54) is 0 Å². The molecule has 7 heteroatoms. The number of fused-ring (bicyclic) bond motifs is 1. The molecule has 0 unspecified atom stereocenters. The third-order valence-corrected chi connectivity index (χ3v) is 5.97. The van der Waals surface area contributed by atoms with Crippen LogP contribution in [0.25, 0.3) is 10.9 Å². The summed E-state index contributed by atoms with van der Waals surface area (Å²) in [4.78, 5) is 15.3. The normalized spacial score (nSPS) is 20.3. The molecule has 1 aromatic carbocycles. The number of ether oxygens (including phenoxy) is 1. The van der Waals surface area contributed by atoms with Crippen LogP contribution in [0.3, 0.4) is 0 Å². The Hall–Kier alpha value is -1.82. The van der Waals surface area contributed by atoms with E-state index in [-0.39, 0.29) is 30.1 Å². The number of halogens is 3. The Kier molecular flexibility index (Phi) is 4.57. The molecule has 2 aliphatic rings. The number of aromatic nitrogens is 1. The maximum absolute atomic E-state index is 12.9. The molecule has 146 valence electrons. The van der Waals surface area contributed by atoms with Gasteiger partial charge >= 0.3 is 0 Å². The third-order valence-electron chi connectivity index (χ3n) is 5.67. The molecule has 1 aromatic heterocycles. The first-order chi connectivity index (χ1) is 12.7. The van der Waals surface area contributed by atoms with Crippen LogP contribution in [0.2, 0.25) is 5.02 Å². The van der Waals surface area contributed by atoms with Gasteiger partial charge in [-0.15, -0.1) is 0 Å². The number of hydrogen-bond donors (Lipinski definition) is 2. The lowest BCUT2D eigenvalue weighted by atomic mass is 9.79. The first kappa shape index (κ1) is 18.5. The molecule has 4 nitrogen and oxygen atoms in total. The molecule has 2 aromatic rings. The second-order valence-corrected chi connectivity index (χ2v) is 8.58. The van der Waals surface area contributed by atoms with Crippen LogP contribution in [0.4, 0.5) is 8.78 Å². The Bertz CT molecular complexity index is 868. The van der Waals surface area contributed by atoms with E-state index >= 15 is 0 Å². The van der Waals surface area contributed by atoms with Gasteiger partial charge in [0.2, 0.25) is 11.8 Å². The Labute approximate surface area is 161 Å². The summed E-state index contributed by atoms with van der Waals surface area (Å²) in [5.74, 6) is -1.84. The summed E-state index contributed by atoms with van der Waals surface area (Å²) in [6.07, 6.45) is 2.40. The lowest BCUT2D eigenvalue weighted by Crippen LogP contribution is -2.36. The number of nitrogens with one attached hydrogen (secondary N) is 2. The van der Waals surface area contributed by atoms with Crippen molar-refractivity contribution in [2.75, 3.05) is 6.61 Å². The molecule has 0 atom stereocenters. The van der Waals surface area contributed by atoms with Crippen LogP contribution in [-0.4, -0.2) is 23.4 Å². The van der Waals surface area contributed by atoms with Gasteiger partial charge in [-0.25, -0.2) is 8.78 Å². The van der Waals surface area contributed by atoms with Gasteiger partial charge in [0.15, 0.2) is 0 Å². The summed E-state index contributed by atoms with van der Waals surface area (Å²) in [5.41, 5.74) is 1.57. The summed E-state index contributed by atoms with van der Waals surface area (Å²) in [6.45, 7) is 2.78. The molecule has 1 amide bonds. The predicted octanol–water partition coefficient (Wildman–Crippen LogP) is 5.05. The number of benzene rings is 1. The number of amides is 1. The Balaban J connectivity index is 1.35. The monoisotopic (exact) mass is 396 g/mol. The van der Waals surface area contributed by atoms with Gasteiger partial charge in [0, 0.05) is 40.9 Å². The predicted molar refractivity (Wildman–Crippen MR) is 100 cm³/mol. The minimum atomic E-state index is -2.49. The average Bonchev–Trinajstić information content (AvgIpc) is 3.21. The van der Waals surface area contributed by atoms with Crippen LogP contribution in [0.15, 0.2) is 18.2 Å². The smallest absolute Gasteiger partial charge is 0.248 e. The van der Waals surface area contributed by atoms with Crippen molar-refractivity contribution in [3.8, 4) is 5.75 Å². The quantitative estimate of drug-likeness (QED) is 0.687. The standard InChI is InChI=1S/C20H23ClF2N2O2/c1-19(3-4-19)18(26)24-11-14-6-13-7-15(21)17(8-16(13)25-14)27-5-2-12-9-20(22,23)10-12/h6-8,12,25H,2-5,9-11H2,1H3,(H,24,26). The summed E-state index contributed by atoms with van der Waals surface area (Å²) in [6, 6.07) is 5.59. The lowest BCUT2D eigenvalue weighted by Gasteiger charge is -2.34. The summed E-state index contributed by atoms with van der Waals surface area (Å²) >= 11 is 6.29. The van der Waals surface area contributed by atoms with E-state index in [1.807, 2.05) is 25.1 Å². The SMILES string of the molecule is CC1(C(=O)NCc2cc3cc(Cl)c(OCCC4CC(F)(F)C4)cc3[nH]2)CC1. The Morgan fingerprint density at radius 2 is 2.07 bits per heavy atom. The zero-order valence-corrected chi connectivity index (χ0v) is 16.0. The number of hydrogen-bond acceptors (Lipinski definition) is 2. The Morgan fingerprint density at radius 3 is 2.74 bits per heavy atom. The van der Waals surface area contributed by atoms with Gasteiger partial charge in [0.1, 0.15) is 5.75 Å². The molecule has 2 N–H and O–H groups in total. The molecule has 2 fully saturated rings. The maximum atomic E-state index is 12.9. The zero-order valence-electron chi connectivity index (χ0n) is 15.2. The van der Waals surface area contributed by atoms with Crippen molar-refractivity contribution < 1.29 is 18.3 Å². The van der Waals surface area contributed by atoms with Crippen molar-refractivity contribution in [3.05, 3.63) is 28.9 Å². The van der Waals surface area contributed by atoms with Crippen molar-refractivity contribution in [2.24, 2.45) is 11.3 Å². The second-order valence-electron chi connectivity index (χ2n) is 8.18. The van der Waals surface area contributed by atoms with Crippen molar-refractivity contribution >= 4 is 28.4 Å². The highest BCUT2D eigenvalue weighted by atomic mass is 35.5. The van der Waals surface area contributed by atoms with Crippen molar-refractivity contribution in [1.82, 2.24) is 10.3 Å². The van der Waals surface area contributed by atoms with E-state index in [0.717, 1.165) is 29.4 Å². The van der Waals surface area contributed by atoms with Gasteiger partial charge in [0.05, 0.1) is 18.2 Å². The topological polar surface area (TPSA) is 54.1 Å². The highest BCUT2D eigenvalue weighted by Gasteiger charge is 2.45. The van der Waals surface area contributed by atoms with Gasteiger partial charge in [0.25, 0.3) is 0 Å². The molecule has 0 radical (unpaired) electrons. The largest absolute Gasteiger partial charge is 0.492 e. The number of rotatable bonds is 7. The van der Waals surface area contributed by atoms with Crippen molar-refractivity contribution in [3.63, 3.8) is 0 Å². The van der Waals surface area contributed by atoms with Gasteiger partial charge in [-0.3, -0.25) is 4.79 Å². The fraction of sp³-hybridized carbons (Fsp3) is 0.550. The number of aromatic amines is 1. The molecular weight excluding hydrogens is 374 g/mol. The van der Waals surface area contributed by atoms with Crippen molar-refractivity contribution in [1.29, 1.82) is 0 Å². The molecule has 2 aliphatic carbocycles. The second kappa shape index (κ2) is 6.66. The first-order valence-corrected chi connectivity index (χ1v) is 9.72. The van der Waals surface area contributed by atoms with E-state index in [9.17, 15) is 13.6 Å². The number of carbonyl (C=O) groups excluding carboxylic acids is 1. The molecule has 4 rings (SSSR count). The van der Waals surface area contributed by atoms with Crippen LogP contribution >= 0.6 is 11.6 Å². The average molecular weight is 397 g/mol. The lowest BCUT2D eigenvalue weighted by molar-refractivity contribution is -0.125. The van der Waals surface area contributed by atoms with E-state index in [0.29, 0.717) is 30.3 Å². The van der Waals surface area contributed by atoms with E-state index in [2.05, 4.69) is 10.3 Å². The van der Waals surface area contributed by atoms with Gasteiger partial charge in [-0.2, -0.15) is 0 Å². The minimum Gasteiger partial charge on any atom is -0.492 e. The van der Waals surface area contributed by atoms with E-state index in [4.69, 9.17) is 16.3 Å². The molecule has 0 bridgehead atoms. The van der Waals surface area contributed by atoms with Crippen LogP contribution in [0, 0.1) is 11.3 Å². The molecular formula is C20H23ClF2N2O2. The summed E-state index contributed by atoms with van der Waals surface area (Å²) < 4.78 is 31.5. The van der Waals surface area contributed by atoms with E-state index in [1.54, 1.807) is 0 Å². The maximum Gasteiger partial charge on any atom is 0.248 e. The molecule has 1 heterocycles. The number of alkyl halides is 2. The van der Waals surface area contributed by atoms with Crippen LogP contribution < -0.4 is 10.1 Å². The van der Waals surface area contributed by atoms with Gasteiger partial charge < -0.3 is 15.0 Å². The van der Waals surface area contributed by atoms with Crippen LogP contribution in [-0.2, 0) is 11.3 Å². The zero-order chi connectivity index (χ0) is 19.2. The van der Waals surface area contributed by atoms with E-state index < -0.39 is 5.92 Å². The highest BCUT2D eigenvalue weighted by molar-refractivity contribution is 6.32. The van der Waals surface area contributed by atoms with Crippen LogP contribution in [0.5, 0.6) is 5.75 Å². The number of H-pyrrole nitrogens is 1. The minimum absolute atomic E-state index is 0.0246. The molecule has 0 spiro atoms. The highest BCUT2D eigenvalue weighted by Crippen LogP contribution is 2.45. The summed E-state index contributed by atoms with van der Waals surface area (Å²) in [5, 5.41) is 4.39.